The van der Waals surface area contributed by atoms with Crippen LogP contribution in [-0.2, 0) is 14.3 Å². The molecular formula is C20H29NO5. The maximum Gasteiger partial charge on any atom is 0.342 e. The van der Waals surface area contributed by atoms with Crippen LogP contribution >= 0.6 is 0 Å². The van der Waals surface area contributed by atoms with Crippen molar-refractivity contribution in [1.82, 2.24) is 4.90 Å². The highest BCUT2D eigenvalue weighted by molar-refractivity contribution is 5.95. The SMILES string of the molecule is CC(OC(=O)c1cc(C(C)C)cc(C(C)C)c1O)C(=O)N1CCOCC1. The van der Waals surface area contributed by atoms with Gasteiger partial charge in [0, 0.05) is 13.1 Å². The Balaban J connectivity index is 2.21. The van der Waals surface area contributed by atoms with Crippen LogP contribution in [0.2, 0.25) is 0 Å². The smallest absolute Gasteiger partial charge is 0.342 e. The average Bonchev–Trinajstić information content (AvgIpc) is 2.61. The number of carbonyl (C=O) groups is 2. The number of benzene rings is 1. The molecule has 1 saturated heterocycles. The van der Waals surface area contributed by atoms with Gasteiger partial charge in [-0.3, -0.25) is 4.79 Å². The Labute approximate surface area is 155 Å². The van der Waals surface area contributed by atoms with Crippen molar-refractivity contribution in [3.63, 3.8) is 0 Å². The number of rotatable bonds is 5. The molecule has 0 spiro atoms. The summed E-state index contributed by atoms with van der Waals surface area (Å²) in [5.41, 5.74) is 1.77. The lowest BCUT2D eigenvalue weighted by Crippen LogP contribution is -2.46. The molecule has 1 aliphatic heterocycles. The number of carbonyl (C=O) groups excluding carboxylic acids is 2. The topological polar surface area (TPSA) is 76.1 Å². The van der Waals surface area contributed by atoms with E-state index in [2.05, 4.69) is 0 Å². The number of morpholine rings is 1. The summed E-state index contributed by atoms with van der Waals surface area (Å²) in [5.74, 6) is -0.730. The van der Waals surface area contributed by atoms with Crippen molar-refractivity contribution in [1.29, 1.82) is 0 Å². The van der Waals surface area contributed by atoms with Gasteiger partial charge in [-0.05, 0) is 36.0 Å². The van der Waals surface area contributed by atoms with Gasteiger partial charge >= 0.3 is 5.97 Å². The third kappa shape index (κ3) is 4.55. The number of phenolic OH excluding ortho intramolecular Hbond substituents is 1. The molecule has 1 aliphatic rings. The number of hydrogen-bond acceptors (Lipinski definition) is 5. The van der Waals surface area contributed by atoms with E-state index in [-0.39, 0.29) is 29.1 Å². The lowest BCUT2D eigenvalue weighted by Gasteiger charge is -2.29. The molecule has 2 rings (SSSR count). The molecule has 0 aromatic heterocycles. The van der Waals surface area contributed by atoms with Crippen LogP contribution in [0.4, 0.5) is 0 Å². The van der Waals surface area contributed by atoms with E-state index in [0.29, 0.717) is 31.9 Å². The summed E-state index contributed by atoms with van der Waals surface area (Å²) in [7, 11) is 0. The van der Waals surface area contributed by atoms with Gasteiger partial charge in [-0.1, -0.05) is 33.8 Å². The number of phenols is 1. The Morgan fingerprint density at radius 3 is 2.23 bits per heavy atom. The molecule has 1 aromatic carbocycles. The van der Waals surface area contributed by atoms with Crippen LogP contribution in [-0.4, -0.2) is 54.3 Å². The average molecular weight is 363 g/mol. The maximum absolute atomic E-state index is 12.6. The Bertz CT molecular complexity index is 662. The largest absolute Gasteiger partial charge is 0.507 e. The zero-order chi connectivity index (χ0) is 19.4. The molecule has 0 radical (unpaired) electrons. The molecule has 1 atom stereocenters. The van der Waals surface area contributed by atoms with Crippen LogP contribution in [0.15, 0.2) is 12.1 Å². The van der Waals surface area contributed by atoms with Gasteiger partial charge in [0.05, 0.1) is 13.2 Å². The van der Waals surface area contributed by atoms with Gasteiger partial charge < -0.3 is 19.5 Å². The molecule has 1 heterocycles. The van der Waals surface area contributed by atoms with E-state index in [4.69, 9.17) is 9.47 Å². The van der Waals surface area contributed by atoms with E-state index in [1.165, 1.54) is 0 Å². The quantitative estimate of drug-likeness (QED) is 0.814. The van der Waals surface area contributed by atoms with E-state index in [1.54, 1.807) is 17.9 Å². The number of aromatic hydroxyl groups is 1. The molecule has 1 unspecified atom stereocenters. The highest BCUT2D eigenvalue weighted by Crippen LogP contribution is 2.33. The third-order valence-corrected chi connectivity index (χ3v) is 4.62. The highest BCUT2D eigenvalue weighted by atomic mass is 16.5. The van der Waals surface area contributed by atoms with Crippen LogP contribution < -0.4 is 0 Å². The van der Waals surface area contributed by atoms with Gasteiger partial charge in [-0.2, -0.15) is 0 Å². The lowest BCUT2D eigenvalue weighted by molar-refractivity contribution is -0.143. The van der Waals surface area contributed by atoms with Crippen molar-refractivity contribution < 1.29 is 24.2 Å². The van der Waals surface area contributed by atoms with Crippen molar-refractivity contribution in [2.45, 2.75) is 52.6 Å². The molecule has 0 saturated carbocycles. The van der Waals surface area contributed by atoms with Crippen molar-refractivity contribution in [2.24, 2.45) is 0 Å². The zero-order valence-corrected chi connectivity index (χ0v) is 16.2. The van der Waals surface area contributed by atoms with Crippen molar-refractivity contribution in [2.75, 3.05) is 26.3 Å². The number of ether oxygens (including phenoxy) is 2. The molecule has 1 fully saturated rings. The molecule has 1 N–H and O–H groups in total. The van der Waals surface area contributed by atoms with Crippen molar-refractivity contribution in [3.8, 4) is 5.75 Å². The van der Waals surface area contributed by atoms with Gasteiger partial charge in [0.1, 0.15) is 11.3 Å². The Hall–Kier alpha value is -2.08. The molecule has 144 valence electrons. The fourth-order valence-electron chi connectivity index (χ4n) is 2.92. The first-order valence-corrected chi connectivity index (χ1v) is 9.16. The van der Waals surface area contributed by atoms with E-state index in [1.807, 2.05) is 33.8 Å². The minimum Gasteiger partial charge on any atom is -0.507 e. The Morgan fingerprint density at radius 1 is 1.08 bits per heavy atom. The summed E-state index contributed by atoms with van der Waals surface area (Å²) in [4.78, 5) is 26.7. The predicted octanol–water partition coefficient (Wildman–Crippen LogP) is 3.04. The summed E-state index contributed by atoms with van der Waals surface area (Å²) >= 11 is 0. The summed E-state index contributed by atoms with van der Waals surface area (Å²) < 4.78 is 10.6. The molecule has 1 amide bonds. The summed E-state index contributed by atoms with van der Waals surface area (Å²) in [6.07, 6.45) is -0.912. The lowest BCUT2D eigenvalue weighted by atomic mass is 9.92. The first kappa shape index (κ1) is 20.2. The highest BCUT2D eigenvalue weighted by Gasteiger charge is 2.27. The molecule has 26 heavy (non-hydrogen) atoms. The van der Waals surface area contributed by atoms with Gasteiger partial charge in [0.25, 0.3) is 5.91 Å². The van der Waals surface area contributed by atoms with E-state index in [0.717, 1.165) is 5.56 Å². The molecule has 0 aliphatic carbocycles. The van der Waals surface area contributed by atoms with Crippen molar-refractivity contribution >= 4 is 11.9 Å². The Morgan fingerprint density at radius 2 is 1.69 bits per heavy atom. The number of esters is 1. The minimum atomic E-state index is -0.912. The second kappa shape index (κ2) is 8.54. The predicted molar refractivity (Wildman–Crippen MR) is 98.6 cm³/mol. The molecular weight excluding hydrogens is 334 g/mol. The van der Waals surface area contributed by atoms with Crippen LogP contribution in [0, 0.1) is 0 Å². The van der Waals surface area contributed by atoms with Crippen LogP contribution in [0.25, 0.3) is 0 Å². The number of hydrogen-bond donors (Lipinski definition) is 1. The summed E-state index contributed by atoms with van der Waals surface area (Å²) in [6, 6.07) is 3.57. The second-order valence-corrected chi connectivity index (χ2v) is 7.30. The third-order valence-electron chi connectivity index (χ3n) is 4.62. The molecule has 1 aromatic rings. The van der Waals surface area contributed by atoms with Gasteiger partial charge in [0.15, 0.2) is 6.10 Å². The van der Waals surface area contributed by atoms with Gasteiger partial charge in [-0.25, -0.2) is 4.79 Å². The number of nitrogens with zero attached hydrogens (tertiary/aromatic N) is 1. The minimum absolute atomic E-state index is 0.0626. The van der Waals surface area contributed by atoms with E-state index < -0.39 is 12.1 Å². The molecule has 6 heteroatoms. The summed E-state index contributed by atoms with van der Waals surface area (Å²) in [5, 5.41) is 10.5. The second-order valence-electron chi connectivity index (χ2n) is 7.30. The zero-order valence-electron chi connectivity index (χ0n) is 16.2. The fraction of sp³-hybridized carbons (Fsp3) is 0.600. The van der Waals surface area contributed by atoms with Crippen molar-refractivity contribution in [3.05, 3.63) is 28.8 Å². The Kier molecular flexibility index (Phi) is 6.64. The first-order valence-electron chi connectivity index (χ1n) is 9.16. The van der Waals surface area contributed by atoms with Crippen LogP contribution in [0.3, 0.4) is 0 Å². The van der Waals surface area contributed by atoms with Crippen LogP contribution in [0.5, 0.6) is 5.75 Å². The first-order chi connectivity index (χ1) is 12.2. The van der Waals surface area contributed by atoms with Crippen LogP contribution in [0.1, 0.15) is 67.9 Å². The fourth-order valence-corrected chi connectivity index (χ4v) is 2.92. The maximum atomic E-state index is 12.6. The van der Waals surface area contributed by atoms with E-state index >= 15 is 0 Å². The van der Waals surface area contributed by atoms with E-state index in [9.17, 15) is 14.7 Å². The molecule has 6 nitrogen and oxygen atoms in total. The standard InChI is InChI=1S/C20H29NO5/c1-12(2)15-10-16(13(3)4)18(22)17(11-15)20(24)26-14(5)19(23)21-6-8-25-9-7-21/h10-14,22H,6-9H2,1-5H3. The number of amides is 1. The van der Waals surface area contributed by atoms with Gasteiger partial charge in [-0.15, -0.1) is 0 Å². The normalized spacial score (nSPS) is 16.0. The monoisotopic (exact) mass is 363 g/mol. The van der Waals surface area contributed by atoms with Gasteiger partial charge in [0.2, 0.25) is 0 Å². The molecule has 0 bridgehead atoms. The summed E-state index contributed by atoms with van der Waals surface area (Å²) in [6.45, 7) is 11.5.